The SMILES string of the molecule is c1ccc(-c2nc(-c3ccccc3)nc(-c3ccccc3-n3c4ccccc4c4cccc(-c5nc(-c6ccccc6)nc(-c6ccccc6)n5)c43)n2)cc1. The van der Waals surface area contributed by atoms with E-state index in [0.717, 1.165) is 60.9 Å². The molecule has 10 aromatic rings. The minimum Gasteiger partial charge on any atom is -0.308 e. The Balaban J connectivity index is 1.25. The van der Waals surface area contributed by atoms with Gasteiger partial charge in [0.15, 0.2) is 34.9 Å². The Morgan fingerprint density at radius 3 is 1.15 bits per heavy atom. The molecule has 0 atom stereocenters. The number of nitrogens with zero attached hydrogens (tertiary/aromatic N) is 7. The van der Waals surface area contributed by atoms with E-state index in [1.54, 1.807) is 0 Å². The lowest BCUT2D eigenvalue weighted by atomic mass is 10.1. The summed E-state index contributed by atoms with van der Waals surface area (Å²) in [6.45, 7) is 0. The van der Waals surface area contributed by atoms with Gasteiger partial charge in [-0.2, -0.15) is 0 Å². The van der Waals surface area contributed by atoms with E-state index in [4.69, 9.17) is 29.9 Å². The quantitative estimate of drug-likeness (QED) is 0.164. The van der Waals surface area contributed by atoms with Crippen LogP contribution in [0, 0.1) is 0 Å². The van der Waals surface area contributed by atoms with Crippen molar-refractivity contribution in [3.8, 4) is 74.0 Å². The van der Waals surface area contributed by atoms with E-state index in [9.17, 15) is 0 Å². The minimum absolute atomic E-state index is 0.574. The largest absolute Gasteiger partial charge is 0.308 e. The van der Waals surface area contributed by atoms with E-state index in [2.05, 4.69) is 65.2 Å². The van der Waals surface area contributed by atoms with Crippen LogP contribution in [0.2, 0.25) is 0 Å². The van der Waals surface area contributed by atoms with Crippen molar-refractivity contribution < 1.29 is 0 Å². The maximum atomic E-state index is 5.16. The van der Waals surface area contributed by atoms with Gasteiger partial charge in [-0.3, -0.25) is 0 Å². The second-order valence-electron chi connectivity index (χ2n) is 13.1. The van der Waals surface area contributed by atoms with Crippen molar-refractivity contribution >= 4 is 21.8 Å². The van der Waals surface area contributed by atoms with Gasteiger partial charge in [0.1, 0.15) is 0 Å². The number of hydrogen-bond donors (Lipinski definition) is 0. The number of rotatable bonds is 7. The highest BCUT2D eigenvalue weighted by Gasteiger charge is 2.23. The molecule has 3 aromatic heterocycles. The highest BCUT2D eigenvalue weighted by atomic mass is 15.1. The summed E-state index contributed by atoms with van der Waals surface area (Å²) in [6.07, 6.45) is 0. The van der Waals surface area contributed by atoms with Gasteiger partial charge in [0.2, 0.25) is 0 Å². The predicted octanol–water partition coefficient (Wildman–Crippen LogP) is 11.2. The molecule has 0 aliphatic carbocycles. The molecule has 258 valence electrons. The standard InChI is InChI=1S/C48H31N7/c1-5-18-32(19-6-1)43-49-44(33-20-7-2-8-21-33)52-47(51-43)38-27-14-16-31-41(38)55-40-30-15-13-26-36(40)37-28-17-29-39(42(37)55)48-53-45(34-22-9-3-10-23-34)50-46(54-48)35-24-11-4-12-25-35/h1-31H. The Hall–Kier alpha value is -7.64. The first-order chi connectivity index (χ1) is 27.3. The third-order valence-electron chi connectivity index (χ3n) is 9.72. The van der Waals surface area contributed by atoms with Crippen molar-refractivity contribution in [2.75, 3.05) is 0 Å². The second kappa shape index (κ2) is 13.7. The molecule has 0 saturated carbocycles. The normalized spacial score (nSPS) is 11.3. The summed E-state index contributed by atoms with van der Waals surface area (Å²) in [5.41, 5.74) is 8.34. The van der Waals surface area contributed by atoms with Crippen LogP contribution >= 0.6 is 0 Å². The van der Waals surface area contributed by atoms with Gasteiger partial charge in [0.25, 0.3) is 0 Å². The molecule has 0 bridgehead atoms. The zero-order valence-electron chi connectivity index (χ0n) is 29.5. The van der Waals surface area contributed by atoms with Crippen LogP contribution in [0.15, 0.2) is 188 Å². The van der Waals surface area contributed by atoms with Crippen molar-refractivity contribution in [2.45, 2.75) is 0 Å². The molecule has 0 spiro atoms. The van der Waals surface area contributed by atoms with E-state index in [1.807, 2.05) is 127 Å². The molecule has 3 heterocycles. The lowest BCUT2D eigenvalue weighted by molar-refractivity contribution is 1.06. The number of benzene rings is 7. The molecule has 0 aliphatic rings. The van der Waals surface area contributed by atoms with Gasteiger partial charge < -0.3 is 4.57 Å². The monoisotopic (exact) mass is 705 g/mol. The summed E-state index contributed by atoms with van der Waals surface area (Å²) in [5.74, 6) is 3.58. The Bertz CT molecular complexity index is 2850. The highest BCUT2D eigenvalue weighted by Crippen LogP contribution is 2.40. The first-order valence-electron chi connectivity index (χ1n) is 18.1. The van der Waals surface area contributed by atoms with Gasteiger partial charge in [-0.05, 0) is 24.3 Å². The molecule has 0 amide bonds. The highest BCUT2D eigenvalue weighted by molar-refractivity contribution is 6.13. The van der Waals surface area contributed by atoms with Crippen LogP contribution in [0.25, 0.3) is 95.8 Å². The molecule has 7 aromatic carbocycles. The Kier molecular flexibility index (Phi) is 8.00. The molecule has 55 heavy (non-hydrogen) atoms. The predicted molar refractivity (Wildman–Crippen MR) is 220 cm³/mol. The summed E-state index contributed by atoms with van der Waals surface area (Å²) in [4.78, 5) is 30.5. The molecule has 0 saturated heterocycles. The van der Waals surface area contributed by atoms with Crippen LogP contribution in [-0.2, 0) is 0 Å². The van der Waals surface area contributed by atoms with E-state index >= 15 is 0 Å². The van der Waals surface area contributed by atoms with Crippen LogP contribution in [-0.4, -0.2) is 34.5 Å². The lowest BCUT2D eigenvalue weighted by Gasteiger charge is -2.16. The van der Waals surface area contributed by atoms with Crippen molar-refractivity contribution in [1.29, 1.82) is 0 Å². The van der Waals surface area contributed by atoms with Crippen LogP contribution in [0.1, 0.15) is 0 Å². The number of hydrogen-bond acceptors (Lipinski definition) is 6. The van der Waals surface area contributed by atoms with E-state index in [-0.39, 0.29) is 0 Å². The molecule has 10 rings (SSSR count). The van der Waals surface area contributed by atoms with Crippen molar-refractivity contribution in [2.24, 2.45) is 0 Å². The number of aromatic nitrogens is 7. The molecule has 7 heteroatoms. The average Bonchev–Trinajstić information content (AvgIpc) is 3.62. The summed E-state index contributed by atoms with van der Waals surface area (Å²) >= 11 is 0. The first-order valence-corrected chi connectivity index (χ1v) is 18.1. The summed E-state index contributed by atoms with van der Waals surface area (Å²) in [6, 6.07) is 63.4. The Morgan fingerprint density at radius 2 is 0.636 bits per heavy atom. The molecule has 0 radical (unpaired) electrons. The Labute approximate surface area is 317 Å². The molecule has 7 nitrogen and oxygen atoms in total. The summed E-state index contributed by atoms with van der Waals surface area (Å²) in [7, 11) is 0. The third-order valence-corrected chi connectivity index (χ3v) is 9.72. The molecule has 0 unspecified atom stereocenters. The minimum atomic E-state index is 0.574. The van der Waals surface area contributed by atoms with Gasteiger partial charge in [0.05, 0.1) is 16.7 Å². The third kappa shape index (κ3) is 5.90. The van der Waals surface area contributed by atoms with Gasteiger partial charge in [0, 0.05) is 44.2 Å². The van der Waals surface area contributed by atoms with Crippen LogP contribution in [0.3, 0.4) is 0 Å². The zero-order chi connectivity index (χ0) is 36.6. The van der Waals surface area contributed by atoms with Crippen LogP contribution in [0.4, 0.5) is 0 Å². The first kappa shape index (κ1) is 32.0. The molecule has 0 N–H and O–H groups in total. The van der Waals surface area contributed by atoms with E-state index < -0.39 is 0 Å². The van der Waals surface area contributed by atoms with Crippen LogP contribution < -0.4 is 0 Å². The fourth-order valence-corrected chi connectivity index (χ4v) is 7.17. The number of fused-ring (bicyclic) bond motifs is 3. The zero-order valence-corrected chi connectivity index (χ0v) is 29.5. The van der Waals surface area contributed by atoms with Crippen molar-refractivity contribution in [1.82, 2.24) is 34.5 Å². The summed E-state index contributed by atoms with van der Waals surface area (Å²) in [5, 5.41) is 2.19. The average molecular weight is 706 g/mol. The smallest absolute Gasteiger partial charge is 0.166 e. The van der Waals surface area contributed by atoms with Gasteiger partial charge in [-0.15, -0.1) is 0 Å². The second-order valence-corrected chi connectivity index (χ2v) is 13.1. The van der Waals surface area contributed by atoms with Crippen molar-refractivity contribution in [3.05, 3.63) is 188 Å². The molecular formula is C48H31N7. The number of para-hydroxylation sites is 3. The maximum absolute atomic E-state index is 5.16. The fourth-order valence-electron chi connectivity index (χ4n) is 7.17. The topological polar surface area (TPSA) is 82.3 Å². The maximum Gasteiger partial charge on any atom is 0.166 e. The Morgan fingerprint density at radius 1 is 0.273 bits per heavy atom. The lowest BCUT2D eigenvalue weighted by Crippen LogP contribution is -2.05. The fraction of sp³-hybridized carbons (Fsp3) is 0. The van der Waals surface area contributed by atoms with Crippen LogP contribution in [0.5, 0.6) is 0 Å². The molecule has 0 fully saturated rings. The summed E-state index contributed by atoms with van der Waals surface area (Å²) < 4.78 is 2.30. The van der Waals surface area contributed by atoms with E-state index in [1.165, 1.54) is 0 Å². The van der Waals surface area contributed by atoms with Gasteiger partial charge >= 0.3 is 0 Å². The molecular weight excluding hydrogens is 675 g/mol. The van der Waals surface area contributed by atoms with E-state index in [0.29, 0.717) is 34.9 Å². The molecule has 0 aliphatic heterocycles. The van der Waals surface area contributed by atoms with Crippen molar-refractivity contribution in [3.63, 3.8) is 0 Å². The van der Waals surface area contributed by atoms with Gasteiger partial charge in [-0.25, -0.2) is 29.9 Å². The van der Waals surface area contributed by atoms with Gasteiger partial charge in [-0.1, -0.05) is 164 Å².